The molecule has 0 aliphatic carbocycles. The number of hydrogen-bond donors (Lipinski definition) is 2. The first-order chi connectivity index (χ1) is 18.9. The molecule has 2 N–H and O–H groups in total. The lowest BCUT2D eigenvalue weighted by atomic mass is 10.1. The lowest BCUT2D eigenvalue weighted by Gasteiger charge is -2.29. The quantitative estimate of drug-likeness (QED) is 0.255. The maximum absolute atomic E-state index is 14.2. The summed E-state index contributed by atoms with van der Waals surface area (Å²) in [5.41, 5.74) is -2.19. The molecule has 0 aromatic carbocycles. The number of aromatic nitrogens is 6. The van der Waals surface area contributed by atoms with Crippen LogP contribution in [0.2, 0.25) is 0 Å². The van der Waals surface area contributed by atoms with Gasteiger partial charge in [0.25, 0.3) is 0 Å². The number of halogens is 6. The standard InChI is InChI=1S/C25H25F6N9/c1-4-32-11-14(3)40(5-2)20-10-16(25(29,30)31)21(39-38-20)18-13-35-22-17(8-9-33-23(22)37-18)36-19-7-6-15(12-34-19)24(26,27)28/h6-10,12-14,32H,4-5,11H2,1-3H3,(H,33,34,36,37). The molecular weight excluding hydrogens is 540 g/mol. The van der Waals surface area contributed by atoms with Gasteiger partial charge in [-0.15, -0.1) is 10.2 Å². The van der Waals surface area contributed by atoms with Gasteiger partial charge < -0.3 is 15.5 Å². The van der Waals surface area contributed by atoms with Crippen molar-refractivity contribution in [3.63, 3.8) is 0 Å². The number of anilines is 3. The first kappa shape index (κ1) is 28.9. The molecule has 1 atom stereocenters. The van der Waals surface area contributed by atoms with Crippen molar-refractivity contribution in [3.05, 3.63) is 54.0 Å². The average molecular weight is 566 g/mol. The molecule has 0 radical (unpaired) electrons. The van der Waals surface area contributed by atoms with E-state index in [0.29, 0.717) is 31.5 Å². The van der Waals surface area contributed by atoms with Gasteiger partial charge in [-0.3, -0.25) is 0 Å². The third-order valence-corrected chi connectivity index (χ3v) is 5.99. The van der Waals surface area contributed by atoms with E-state index < -0.39 is 29.2 Å². The van der Waals surface area contributed by atoms with Crippen molar-refractivity contribution in [2.45, 2.75) is 39.2 Å². The summed E-state index contributed by atoms with van der Waals surface area (Å²) < 4.78 is 80.9. The molecule has 212 valence electrons. The van der Waals surface area contributed by atoms with Crippen molar-refractivity contribution < 1.29 is 26.3 Å². The summed E-state index contributed by atoms with van der Waals surface area (Å²) in [6.45, 7) is 7.31. The first-order valence-corrected chi connectivity index (χ1v) is 12.3. The Balaban J connectivity index is 1.69. The lowest BCUT2D eigenvalue weighted by Crippen LogP contribution is -2.41. The zero-order valence-electron chi connectivity index (χ0n) is 21.6. The first-order valence-electron chi connectivity index (χ1n) is 12.3. The Morgan fingerprint density at radius 3 is 2.33 bits per heavy atom. The maximum atomic E-state index is 14.2. The Morgan fingerprint density at radius 2 is 1.70 bits per heavy atom. The second-order valence-electron chi connectivity index (χ2n) is 8.75. The number of rotatable bonds is 9. The van der Waals surface area contributed by atoms with Crippen molar-refractivity contribution in [1.82, 2.24) is 35.5 Å². The summed E-state index contributed by atoms with van der Waals surface area (Å²) >= 11 is 0. The fraction of sp³-hybridized carbons (Fsp3) is 0.360. The summed E-state index contributed by atoms with van der Waals surface area (Å²) in [7, 11) is 0. The van der Waals surface area contributed by atoms with Gasteiger partial charge in [-0.2, -0.15) is 26.3 Å². The summed E-state index contributed by atoms with van der Waals surface area (Å²) in [5, 5.41) is 14.0. The van der Waals surface area contributed by atoms with Gasteiger partial charge in [0.1, 0.15) is 22.7 Å². The molecule has 0 aliphatic rings. The molecule has 0 bridgehead atoms. The minimum Gasteiger partial charge on any atom is -0.351 e. The number of fused-ring (bicyclic) bond motifs is 1. The summed E-state index contributed by atoms with van der Waals surface area (Å²) in [4.78, 5) is 18.0. The van der Waals surface area contributed by atoms with Crippen molar-refractivity contribution in [2.24, 2.45) is 0 Å². The fourth-order valence-corrected chi connectivity index (χ4v) is 4.00. The van der Waals surface area contributed by atoms with Crippen LogP contribution in [0, 0.1) is 0 Å². The molecule has 0 saturated heterocycles. The Morgan fingerprint density at radius 1 is 0.925 bits per heavy atom. The van der Waals surface area contributed by atoms with Crippen molar-refractivity contribution in [2.75, 3.05) is 29.9 Å². The van der Waals surface area contributed by atoms with Gasteiger partial charge in [-0.05, 0) is 44.7 Å². The van der Waals surface area contributed by atoms with Crippen LogP contribution in [0.15, 0.2) is 42.9 Å². The van der Waals surface area contributed by atoms with Crippen LogP contribution in [-0.4, -0.2) is 55.8 Å². The zero-order chi connectivity index (χ0) is 29.1. The molecule has 0 saturated carbocycles. The minimum absolute atomic E-state index is 0.0112. The van der Waals surface area contributed by atoms with Crippen LogP contribution in [0.1, 0.15) is 31.9 Å². The minimum atomic E-state index is -4.76. The molecule has 0 amide bonds. The number of nitrogens with one attached hydrogen (secondary N) is 2. The molecule has 4 aromatic rings. The predicted molar refractivity (Wildman–Crippen MR) is 137 cm³/mol. The smallest absolute Gasteiger partial charge is 0.351 e. The van der Waals surface area contributed by atoms with E-state index in [2.05, 4.69) is 40.8 Å². The van der Waals surface area contributed by atoms with Crippen LogP contribution in [0.25, 0.3) is 22.6 Å². The second-order valence-corrected chi connectivity index (χ2v) is 8.75. The monoisotopic (exact) mass is 565 g/mol. The van der Waals surface area contributed by atoms with Crippen molar-refractivity contribution >= 4 is 28.5 Å². The van der Waals surface area contributed by atoms with Gasteiger partial charge in [0.05, 0.1) is 23.0 Å². The van der Waals surface area contributed by atoms with Gasteiger partial charge >= 0.3 is 12.4 Å². The second kappa shape index (κ2) is 11.5. The molecule has 15 heteroatoms. The topological polar surface area (TPSA) is 105 Å². The normalized spacial score (nSPS) is 12.9. The van der Waals surface area contributed by atoms with Crippen LogP contribution in [0.3, 0.4) is 0 Å². The van der Waals surface area contributed by atoms with Gasteiger partial charge in [-0.25, -0.2) is 19.9 Å². The Labute approximate surface area is 225 Å². The maximum Gasteiger partial charge on any atom is 0.418 e. The Hall–Kier alpha value is -4.14. The number of alkyl halides is 6. The molecule has 0 fully saturated rings. The highest BCUT2D eigenvalue weighted by molar-refractivity contribution is 5.87. The van der Waals surface area contributed by atoms with Crippen LogP contribution in [-0.2, 0) is 12.4 Å². The number of nitrogens with zero attached hydrogens (tertiary/aromatic N) is 7. The van der Waals surface area contributed by atoms with E-state index in [1.54, 1.807) is 4.90 Å². The van der Waals surface area contributed by atoms with E-state index in [1.165, 1.54) is 12.3 Å². The van der Waals surface area contributed by atoms with E-state index in [9.17, 15) is 26.3 Å². The Bertz CT molecular complexity index is 1460. The molecule has 1 unspecified atom stereocenters. The molecule has 0 aliphatic heterocycles. The number of hydrogen-bond acceptors (Lipinski definition) is 9. The van der Waals surface area contributed by atoms with Crippen LogP contribution < -0.4 is 15.5 Å². The van der Waals surface area contributed by atoms with Crippen LogP contribution in [0.4, 0.5) is 43.7 Å². The number of likely N-dealkylation sites (N-methyl/N-ethyl adjacent to an activating group) is 2. The van der Waals surface area contributed by atoms with Crippen LogP contribution in [0.5, 0.6) is 0 Å². The summed E-state index contributed by atoms with van der Waals surface area (Å²) in [5.74, 6) is 0.169. The molecule has 4 aromatic heterocycles. The highest BCUT2D eigenvalue weighted by Crippen LogP contribution is 2.37. The van der Waals surface area contributed by atoms with Crippen molar-refractivity contribution in [1.29, 1.82) is 0 Å². The SMILES string of the molecule is CCNCC(C)N(CC)c1cc(C(F)(F)F)c(-c2cnc3c(Nc4ccc(C(F)(F)F)cn4)ccnc3n2)nn1. The average Bonchev–Trinajstić information content (AvgIpc) is 2.91. The van der Waals surface area contributed by atoms with Gasteiger partial charge in [0, 0.05) is 31.5 Å². The largest absolute Gasteiger partial charge is 0.418 e. The van der Waals surface area contributed by atoms with E-state index in [4.69, 9.17) is 0 Å². The molecule has 9 nitrogen and oxygen atoms in total. The molecule has 4 rings (SSSR count). The number of pyridine rings is 2. The zero-order valence-corrected chi connectivity index (χ0v) is 21.6. The molecule has 4 heterocycles. The summed E-state index contributed by atoms with van der Waals surface area (Å²) in [6, 6.07) is 4.30. The summed E-state index contributed by atoms with van der Waals surface area (Å²) in [6.07, 6.45) is -6.17. The van der Waals surface area contributed by atoms with Crippen molar-refractivity contribution in [3.8, 4) is 11.4 Å². The molecule has 40 heavy (non-hydrogen) atoms. The highest BCUT2D eigenvalue weighted by atomic mass is 19.4. The van der Waals surface area contributed by atoms with E-state index in [1.807, 2.05) is 20.8 Å². The van der Waals surface area contributed by atoms with Gasteiger partial charge in [0.2, 0.25) is 0 Å². The Kier molecular flexibility index (Phi) is 8.32. The molecule has 0 spiro atoms. The molecular formula is C25H25F6N9. The third-order valence-electron chi connectivity index (χ3n) is 5.99. The lowest BCUT2D eigenvalue weighted by molar-refractivity contribution is -0.138. The van der Waals surface area contributed by atoms with E-state index in [-0.39, 0.29) is 34.5 Å². The van der Waals surface area contributed by atoms with E-state index >= 15 is 0 Å². The fourth-order valence-electron chi connectivity index (χ4n) is 4.00. The third kappa shape index (κ3) is 6.35. The highest BCUT2D eigenvalue weighted by Gasteiger charge is 2.37. The van der Waals surface area contributed by atoms with Gasteiger partial charge in [-0.1, -0.05) is 6.92 Å². The van der Waals surface area contributed by atoms with Crippen LogP contribution >= 0.6 is 0 Å². The van der Waals surface area contributed by atoms with E-state index in [0.717, 1.165) is 24.4 Å². The predicted octanol–water partition coefficient (Wildman–Crippen LogP) is 5.48. The van der Waals surface area contributed by atoms with Gasteiger partial charge in [0.15, 0.2) is 11.5 Å².